The fourth-order valence-corrected chi connectivity index (χ4v) is 4.27. The Morgan fingerprint density at radius 3 is 2.76 bits per heavy atom. The Hall–Kier alpha value is -3.34. The van der Waals surface area contributed by atoms with E-state index in [0.717, 1.165) is 41.8 Å². The van der Waals surface area contributed by atoms with Gasteiger partial charge in [-0.25, -0.2) is 9.67 Å². The summed E-state index contributed by atoms with van der Waals surface area (Å²) in [5.74, 6) is 0.0123. The third-order valence-electron chi connectivity index (χ3n) is 6.13. The summed E-state index contributed by atoms with van der Waals surface area (Å²) in [7, 11) is 0. The molecule has 0 aliphatic heterocycles. The van der Waals surface area contributed by atoms with Crippen LogP contribution in [0, 0.1) is 16.7 Å². The van der Waals surface area contributed by atoms with Gasteiger partial charge in [0.2, 0.25) is 5.91 Å². The van der Waals surface area contributed by atoms with Crippen LogP contribution in [0.1, 0.15) is 36.9 Å². The van der Waals surface area contributed by atoms with E-state index in [1.54, 1.807) is 12.3 Å². The second-order valence-corrected chi connectivity index (χ2v) is 7.94. The minimum atomic E-state index is -2.74. The molecule has 3 aromatic rings. The number of amides is 1. The van der Waals surface area contributed by atoms with Crippen molar-refractivity contribution in [2.75, 3.05) is 5.32 Å². The van der Waals surface area contributed by atoms with E-state index in [2.05, 4.69) is 21.5 Å². The Balaban J connectivity index is 1.35. The molecule has 1 aromatic carbocycles. The largest absolute Gasteiger partial charge is 0.333 e. The van der Waals surface area contributed by atoms with E-state index in [-0.39, 0.29) is 23.2 Å². The minimum absolute atomic E-state index is 0.0768. The van der Waals surface area contributed by atoms with Crippen LogP contribution in [0.2, 0.25) is 0 Å². The SMILES string of the molecule is N#C[C@@]1(c2ccc3cnc(NC(=O)Cc4cnn(C(F)F)c4)cc3c2)CC12CC2. The first-order valence-electron chi connectivity index (χ1n) is 9.37. The highest BCUT2D eigenvalue weighted by Crippen LogP contribution is 2.78. The maximum absolute atomic E-state index is 12.6. The molecule has 1 atom stereocenters. The van der Waals surface area contributed by atoms with Crippen LogP contribution in [0.5, 0.6) is 0 Å². The van der Waals surface area contributed by atoms with Gasteiger partial charge >= 0.3 is 6.55 Å². The number of carbonyl (C=O) groups excluding carboxylic acids is 1. The molecule has 0 unspecified atom stereocenters. The number of aromatic nitrogens is 3. The van der Waals surface area contributed by atoms with Crippen LogP contribution in [0.3, 0.4) is 0 Å². The lowest BCUT2D eigenvalue weighted by Crippen LogP contribution is -2.15. The molecule has 2 aliphatic carbocycles. The molecule has 6 nitrogen and oxygen atoms in total. The number of carbonyl (C=O) groups is 1. The maximum atomic E-state index is 12.6. The first-order valence-corrected chi connectivity index (χ1v) is 9.37. The molecule has 0 saturated heterocycles. The average molecular weight is 393 g/mol. The summed E-state index contributed by atoms with van der Waals surface area (Å²) in [5, 5.41) is 17.8. The van der Waals surface area contributed by atoms with E-state index >= 15 is 0 Å². The normalized spacial score (nSPS) is 21.3. The highest BCUT2D eigenvalue weighted by molar-refractivity contribution is 5.94. The summed E-state index contributed by atoms with van der Waals surface area (Å²) in [4.78, 5) is 16.5. The van der Waals surface area contributed by atoms with Gasteiger partial charge in [-0.15, -0.1) is 0 Å². The fraction of sp³-hybridized carbons (Fsp3) is 0.333. The van der Waals surface area contributed by atoms with Crippen LogP contribution in [0.25, 0.3) is 10.8 Å². The van der Waals surface area contributed by atoms with Crippen molar-refractivity contribution in [1.29, 1.82) is 5.26 Å². The standard InChI is InChI=1S/C21H17F2N5O/c22-19(23)28-10-13(8-26-28)5-18(29)27-17-7-15-6-16(2-1-14(15)9-25-17)21(12-24)11-20(21)3-4-20/h1-2,6-10,19H,3-5,11H2,(H,25,27,29)/t21-/m1/s1. The van der Waals surface area contributed by atoms with Gasteiger partial charge in [0.25, 0.3) is 0 Å². The molecule has 0 bridgehead atoms. The molecule has 2 fully saturated rings. The number of nitrogens with zero attached hydrogens (tertiary/aromatic N) is 4. The fourth-order valence-electron chi connectivity index (χ4n) is 4.27. The molecule has 1 N–H and O–H groups in total. The molecule has 2 saturated carbocycles. The third-order valence-corrected chi connectivity index (χ3v) is 6.13. The van der Waals surface area contributed by atoms with Gasteiger partial charge in [-0.1, -0.05) is 12.1 Å². The number of hydrogen-bond donors (Lipinski definition) is 1. The zero-order chi connectivity index (χ0) is 20.2. The quantitative estimate of drug-likeness (QED) is 0.711. The van der Waals surface area contributed by atoms with Crippen molar-refractivity contribution in [3.05, 3.63) is 54.0 Å². The van der Waals surface area contributed by atoms with Crippen LogP contribution in [0.15, 0.2) is 42.9 Å². The summed E-state index contributed by atoms with van der Waals surface area (Å²) in [6.45, 7) is -2.74. The van der Waals surface area contributed by atoms with Gasteiger partial charge in [0.1, 0.15) is 5.82 Å². The number of nitrogens with one attached hydrogen (secondary N) is 1. The average Bonchev–Trinajstić information content (AvgIpc) is 3.57. The number of pyridine rings is 1. The van der Waals surface area contributed by atoms with Crippen molar-refractivity contribution in [1.82, 2.24) is 14.8 Å². The van der Waals surface area contributed by atoms with Crippen LogP contribution in [0.4, 0.5) is 14.6 Å². The molecular formula is C21H17F2N5O. The van der Waals surface area contributed by atoms with Crippen molar-refractivity contribution in [2.24, 2.45) is 5.41 Å². The zero-order valence-electron chi connectivity index (χ0n) is 15.4. The van der Waals surface area contributed by atoms with Crippen LogP contribution < -0.4 is 5.32 Å². The zero-order valence-corrected chi connectivity index (χ0v) is 15.4. The number of alkyl halides is 2. The molecule has 0 radical (unpaired) electrons. The summed E-state index contributed by atoms with van der Waals surface area (Å²) in [5.41, 5.74) is 1.22. The Bertz CT molecular complexity index is 1180. The molecular weight excluding hydrogens is 376 g/mol. The van der Waals surface area contributed by atoms with Gasteiger partial charge in [-0.2, -0.15) is 19.1 Å². The lowest BCUT2D eigenvalue weighted by Gasteiger charge is -2.11. The number of anilines is 1. The number of nitriles is 1. The van der Waals surface area contributed by atoms with E-state index in [4.69, 9.17) is 0 Å². The Morgan fingerprint density at radius 2 is 2.10 bits per heavy atom. The summed E-state index contributed by atoms with van der Waals surface area (Å²) in [6.07, 6.45) is 7.13. The summed E-state index contributed by atoms with van der Waals surface area (Å²) < 4.78 is 25.7. The Morgan fingerprint density at radius 1 is 1.28 bits per heavy atom. The molecule has 2 heterocycles. The van der Waals surface area contributed by atoms with Gasteiger partial charge in [-0.05, 0) is 53.3 Å². The number of hydrogen-bond acceptors (Lipinski definition) is 4. The Kier molecular flexibility index (Phi) is 3.72. The number of fused-ring (bicyclic) bond motifs is 1. The molecule has 8 heteroatoms. The van der Waals surface area contributed by atoms with Gasteiger partial charge in [0.05, 0.1) is 24.1 Å². The molecule has 2 aliphatic rings. The van der Waals surface area contributed by atoms with Crippen molar-refractivity contribution in [3.63, 3.8) is 0 Å². The molecule has 146 valence electrons. The molecule has 5 rings (SSSR count). The van der Waals surface area contributed by atoms with Crippen molar-refractivity contribution < 1.29 is 13.6 Å². The van der Waals surface area contributed by atoms with E-state index in [0.29, 0.717) is 16.1 Å². The second-order valence-electron chi connectivity index (χ2n) is 7.94. The number of rotatable bonds is 5. The van der Waals surface area contributed by atoms with E-state index in [1.807, 2.05) is 18.2 Å². The predicted molar refractivity (Wildman–Crippen MR) is 101 cm³/mol. The van der Waals surface area contributed by atoms with Gasteiger partial charge in [0.15, 0.2) is 0 Å². The highest BCUT2D eigenvalue weighted by atomic mass is 19.3. The first-order chi connectivity index (χ1) is 13.9. The first kappa shape index (κ1) is 17.7. The van der Waals surface area contributed by atoms with Gasteiger partial charge in [0, 0.05) is 17.8 Å². The second kappa shape index (κ2) is 6.08. The summed E-state index contributed by atoms with van der Waals surface area (Å²) in [6, 6.07) is 10.3. The van der Waals surface area contributed by atoms with Crippen molar-refractivity contribution in [2.45, 2.75) is 37.6 Å². The minimum Gasteiger partial charge on any atom is -0.310 e. The van der Waals surface area contributed by atoms with E-state index in [1.165, 1.54) is 6.20 Å². The topological polar surface area (TPSA) is 83.6 Å². The number of benzene rings is 1. The summed E-state index contributed by atoms with van der Waals surface area (Å²) >= 11 is 0. The number of halogens is 2. The lowest BCUT2D eigenvalue weighted by molar-refractivity contribution is -0.115. The molecule has 29 heavy (non-hydrogen) atoms. The Labute approximate surface area is 165 Å². The predicted octanol–water partition coefficient (Wildman–Crippen LogP) is 3.95. The van der Waals surface area contributed by atoms with Gasteiger partial charge < -0.3 is 5.32 Å². The van der Waals surface area contributed by atoms with Crippen molar-refractivity contribution >= 4 is 22.5 Å². The lowest BCUT2D eigenvalue weighted by atomic mass is 9.92. The van der Waals surface area contributed by atoms with E-state index < -0.39 is 6.55 Å². The van der Waals surface area contributed by atoms with E-state index in [9.17, 15) is 18.8 Å². The third kappa shape index (κ3) is 2.85. The van der Waals surface area contributed by atoms with Crippen LogP contribution in [-0.2, 0) is 16.6 Å². The monoisotopic (exact) mass is 393 g/mol. The molecule has 1 amide bonds. The highest BCUT2D eigenvalue weighted by Gasteiger charge is 2.75. The smallest absolute Gasteiger partial charge is 0.310 e. The van der Waals surface area contributed by atoms with Gasteiger partial charge in [-0.3, -0.25) is 4.79 Å². The van der Waals surface area contributed by atoms with Crippen LogP contribution >= 0.6 is 0 Å². The molecule has 1 spiro atoms. The molecule has 2 aromatic heterocycles. The van der Waals surface area contributed by atoms with Crippen LogP contribution in [-0.4, -0.2) is 20.7 Å². The van der Waals surface area contributed by atoms with Crippen molar-refractivity contribution in [3.8, 4) is 6.07 Å². The maximum Gasteiger partial charge on any atom is 0.333 e.